The molecule has 0 amide bonds. The summed E-state index contributed by atoms with van der Waals surface area (Å²) in [5.41, 5.74) is 6.69. The highest BCUT2D eigenvalue weighted by Gasteiger charge is 2.21. The molecule has 0 aliphatic heterocycles. The molecule has 0 saturated carbocycles. The second-order valence-corrected chi connectivity index (χ2v) is 5.83. The van der Waals surface area contributed by atoms with Gasteiger partial charge < -0.3 is 5.73 Å². The molecule has 0 atom stereocenters. The van der Waals surface area contributed by atoms with E-state index in [1.807, 2.05) is 0 Å². The van der Waals surface area contributed by atoms with Crippen molar-refractivity contribution in [3.63, 3.8) is 0 Å². The number of aromatic nitrogens is 4. The lowest BCUT2D eigenvalue weighted by Gasteiger charge is -2.03. The normalized spacial score (nSPS) is 11.6. The van der Waals surface area contributed by atoms with Gasteiger partial charge in [-0.3, -0.25) is 0 Å². The number of anilines is 1. The summed E-state index contributed by atoms with van der Waals surface area (Å²) in [4.78, 5) is 15.8. The molecule has 3 aromatic rings. The standard InChI is InChI=1S/C12H9N5O2S/c13-8-1-3-9(4-2-8)20(18,19)12-16-7-10-11(17-12)15-6-5-14-10/h1-7H,13H2. The molecule has 0 aliphatic rings. The second kappa shape index (κ2) is 4.49. The van der Waals surface area contributed by atoms with Crippen molar-refractivity contribution in [3.05, 3.63) is 42.9 Å². The van der Waals surface area contributed by atoms with Crippen LogP contribution in [-0.4, -0.2) is 28.4 Å². The molecule has 3 rings (SSSR count). The molecule has 0 bridgehead atoms. The number of benzene rings is 1. The van der Waals surface area contributed by atoms with E-state index in [-0.39, 0.29) is 15.7 Å². The quantitative estimate of drug-likeness (QED) is 0.549. The monoisotopic (exact) mass is 287 g/mol. The summed E-state index contributed by atoms with van der Waals surface area (Å²) < 4.78 is 24.7. The fourth-order valence-electron chi connectivity index (χ4n) is 1.64. The average Bonchev–Trinajstić information content (AvgIpc) is 2.47. The van der Waals surface area contributed by atoms with Gasteiger partial charge in [-0.25, -0.2) is 23.4 Å². The summed E-state index contributed by atoms with van der Waals surface area (Å²) in [6.07, 6.45) is 4.26. The molecule has 0 fully saturated rings. The molecule has 2 heterocycles. The average molecular weight is 287 g/mol. The lowest BCUT2D eigenvalue weighted by molar-refractivity contribution is 0.587. The van der Waals surface area contributed by atoms with Crippen LogP contribution in [0.15, 0.2) is 52.9 Å². The van der Waals surface area contributed by atoms with E-state index in [9.17, 15) is 8.42 Å². The van der Waals surface area contributed by atoms with Gasteiger partial charge in [0, 0.05) is 18.1 Å². The number of rotatable bonds is 2. The Hall–Kier alpha value is -2.61. The van der Waals surface area contributed by atoms with Gasteiger partial charge in [0.15, 0.2) is 5.65 Å². The fourth-order valence-corrected chi connectivity index (χ4v) is 2.74. The molecule has 1 aromatic carbocycles. The molecule has 100 valence electrons. The highest BCUT2D eigenvalue weighted by atomic mass is 32.2. The van der Waals surface area contributed by atoms with Gasteiger partial charge in [-0.1, -0.05) is 0 Å². The van der Waals surface area contributed by atoms with Crippen molar-refractivity contribution in [1.82, 2.24) is 19.9 Å². The second-order valence-electron chi connectivity index (χ2n) is 3.99. The molecular weight excluding hydrogens is 278 g/mol. The fraction of sp³-hybridized carbons (Fsp3) is 0. The van der Waals surface area contributed by atoms with Gasteiger partial charge >= 0.3 is 0 Å². The van der Waals surface area contributed by atoms with Crippen molar-refractivity contribution in [2.75, 3.05) is 5.73 Å². The largest absolute Gasteiger partial charge is 0.399 e. The molecule has 0 aliphatic carbocycles. The minimum absolute atomic E-state index is 0.0786. The van der Waals surface area contributed by atoms with Crippen molar-refractivity contribution in [1.29, 1.82) is 0 Å². The Balaban J connectivity index is 2.15. The van der Waals surface area contributed by atoms with Crippen LogP contribution in [0.2, 0.25) is 0 Å². The van der Waals surface area contributed by atoms with Crippen molar-refractivity contribution in [2.45, 2.75) is 10.1 Å². The predicted octanol–water partition coefficient (Wildman–Crippen LogP) is 0.835. The van der Waals surface area contributed by atoms with Crippen LogP contribution in [0.1, 0.15) is 0 Å². The molecule has 2 aromatic heterocycles. The summed E-state index contributed by atoms with van der Waals surface area (Å²) in [5, 5.41) is -0.310. The van der Waals surface area contributed by atoms with Crippen molar-refractivity contribution in [3.8, 4) is 0 Å². The Morgan fingerprint density at radius 1 is 0.950 bits per heavy atom. The van der Waals surface area contributed by atoms with Gasteiger partial charge in [0.2, 0.25) is 9.84 Å². The van der Waals surface area contributed by atoms with Crippen LogP contribution in [0.3, 0.4) is 0 Å². The van der Waals surface area contributed by atoms with Crippen molar-refractivity contribution in [2.24, 2.45) is 0 Å². The molecule has 0 radical (unpaired) electrons. The van der Waals surface area contributed by atoms with Gasteiger partial charge in [-0.05, 0) is 24.3 Å². The smallest absolute Gasteiger partial charge is 0.254 e. The van der Waals surface area contributed by atoms with Crippen LogP contribution in [0, 0.1) is 0 Å². The van der Waals surface area contributed by atoms with Gasteiger partial charge in [-0.15, -0.1) is 0 Å². The third-order valence-corrected chi connectivity index (χ3v) is 4.21. The van der Waals surface area contributed by atoms with E-state index in [1.165, 1.54) is 42.9 Å². The highest BCUT2D eigenvalue weighted by Crippen LogP contribution is 2.19. The first-order chi connectivity index (χ1) is 9.57. The maximum atomic E-state index is 12.4. The van der Waals surface area contributed by atoms with Crippen LogP contribution < -0.4 is 5.73 Å². The first kappa shape index (κ1) is 12.4. The van der Waals surface area contributed by atoms with Gasteiger partial charge in [0.25, 0.3) is 5.16 Å². The van der Waals surface area contributed by atoms with Crippen LogP contribution in [-0.2, 0) is 9.84 Å². The first-order valence-corrected chi connectivity index (χ1v) is 7.10. The van der Waals surface area contributed by atoms with Gasteiger partial charge in [0.05, 0.1) is 11.1 Å². The van der Waals surface area contributed by atoms with Crippen LogP contribution in [0.25, 0.3) is 11.2 Å². The molecular formula is C12H9N5O2S. The molecule has 7 nitrogen and oxygen atoms in total. The summed E-state index contributed by atoms with van der Waals surface area (Å²) in [5.74, 6) is 0. The van der Waals surface area contributed by atoms with E-state index in [0.29, 0.717) is 11.2 Å². The number of nitrogens with zero attached hydrogens (tertiary/aromatic N) is 4. The molecule has 0 unspecified atom stereocenters. The third kappa shape index (κ3) is 2.05. The maximum absolute atomic E-state index is 12.4. The van der Waals surface area contributed by atoms with Crippen molar-refractivity contribution < 1.29 is 8.42 Å². The first-order valence-electron chi connectivity index (χ1n) is 5.62. The zero-order valence-electron chi connectivity index (χ0n) is 10.1. The van der Waals surface area contributed by atoms with Gasteiger partial charge in [0.1, 0.15) is 5.52 Å². The minimum Gasteiger partial charge on any atom is -0.399 e. The summed E-state index contributed by atoms with van der Waals surface area (Å²) in [6, 6.07) is 5.84. The Bertz CT molecular complexity index is 878. The van der Waals surface area contributed by atoms with E-state index in [4.69, 9.17) is 5.73 Å². The highest BCUT2D eigenvalue weighted by molar-refractivity contribution is 7.91. The van der Waals surface area contributed by atoms with E-state index < -0.39 is 9.84 Å². The summed E-state index contributed by atoms with van der Waals surface area (Å²) in [7, 11) is -3.79. The van der Waals surface area contributed by atoms with Gasteiger partial charge in [-0.2, -0.15) is 4.98 Å². The number of nitrogen functional groups attached to an aromatic ring is 1. The Labute approximate surface area is 114 Å². The summed E-state index contributed by atoms with van der Waals surface area (Å²) >= 11 is 0. The molecule has 20 heavy (non-hydrogen) atoms. The number of sulfone groups is 1. The molecule has 8 heteroatoms. The predicted molar refractivity (Wildman–Crippen MR) is 71.4 cm³/mol. The zero-order chi connectivity index (χ0) is 14.2. The van der Waals surface area contributed by atoms with Crippen LogP contribution >= 0.6 is 0 Å². The molecule has 2 N–H and O–H groups in total. The lowest BCUT2D eigenvalue weighted by Crippen LogP contribution is -2.08. The number of hydrogen-bond acceptors (Lipinski definition) is 7. The SMILES string of the molecule is Nc1ccc(S(=O)(=O)c2ncc3nccnc3n2)cc1. The topological polar surface area (TPSA) is 112 Å². The molecule has 0 saturated heterocycles. The number of fused-ring (bicyclic) bond motifs is 1. The van der Waals surface area contributed by atoms with E-state index in [0.717, 1.165) is 0 Å². The number of nitrogens with two attached hydrogens (primary N) is 1. The summed E-state index contributed by atoms with van der Waals surface area (Å²) in [6.45, 7) is 0. The zero-order valence-corrected chi connectivity index (χ0v) is 10.9. The van der Waals surface area contributed by atoms with E-state index >= 15 is 0 Å². The Morgan fingerprint density at radius 3 is 2.40 bits per heavy atom. The van der Waals surface area contributed by atoms with E-state index in [1.54, 1.807) is 0 Å². The molecule has 0 spiro atoms. The Morgan fingerprint density at radius 2 is 1.65 bits per heavy atom. The van der Waals surface area contributed by atoms with E-state index in [2.05, 4.69) is 19.9 Å². The van der Waals surface area contributed by atoms with Crippen LogP contribution in [0.5, 0.6) is 0 Å². The Kier molecular flexibility index (Phi) is 2.79. The third-order valence-electron chi connectivity index (χ3n) is 2.64. The lowest BCUT2D eigenvalue weighted by atomic mass is 10.3. The minimum atomic E-state index is -3.79. The van der Waals surface area contributed by atoms with Crippen LogP contribution in [0.4, 0.5) is 5.69 Å². The van der Waals surface area contributed by atoms with Crippen molar-refractivity contribution >= 4 is 26.7 Å². The maximum Gasteiger partial charge on any atom is 0.254 e. The number of hydrogen-bond donors (Lipinski definition) is 1.